The number of benzene rings is 1. The van der Waals surface area contributed by atoms with E-state index in [9.17, 15) is 0 Å². The standard InChI is InChI=1S/C16H22N2O/c1-10(2)17-11-7-8-14-13(9-11)12-5-4-6-15(19-3)16(12)18-14/h4-6,10-11,17-18H,7-9H2,1-3H3. The second-order valence-corrected chi connectivity index (χ2v) is 5.73. The number of aromatic amines is 1. The largest absolute Gasteiger partial charge is 0.495 e. The lowest BCUT2D eigenvalue weighted by Gasteiger charge is -2.25. The molecule has 0 aliphatic heterocycles. The highest BCUT2D eigenvalue weighted by Gasteiger charge is 2.23. The van der Waals surface area contributed by atoms with E-state index in [-0.39, 0.29) is 0 Å². The minimum atomic E-state index is 0.547. The number of methoxy groups -OCH3 is 1. The van der Waals surface area contributed by atoms with Crippen LogP contribution in [0.2, 0.25) is 0 Å². The second-order valence-electron chi connectivity index (χ2n) is 5.73. The lowest BCUT2D eigenvalue weighted by atomic mass is 9.91. The summed E-state index contributed by atoms with van der Waals surface area (Å²) in [5.41, 5.74) is 4.01. The molecule has 19 heavy (non-hydrogen) atoms. The number of ether oxygens (including phenoxy) is 1. The Bertz CT molecular complexity index is 586. The molecule has 102 valence electrons. The minimum absolute atomic E-state index is 0.547. The molecule has 1 aliphatic carbocycles. The normalized spacial score (nSPS) is 18.8. The number of fused-ring (bicyclic) bond motifs is 3. The van der Waals surface area contributed by atoms with E-state index >= 15 is 0 Å². The molecule has 0 radical (unpaired) electrons. The maximum atomic E-state index is 5.45. The molecule has 1 aliphatic rings. The molecular weight excluding hydrogens is 236 g/mol. The van der Waals surface area contributed by atoms with Gasteiger partial charge in [0.1, 0.15) is 5.75 Å². The molecule has 2 aromatic rings. The zero-order valence-corrected chi connectivity index (χ0v) is 11.9. The van der Waals surface area contributed by atoms with Crippen LogP contribution in [0, 0.1) is 0 Å². The fourth-order valence-electron chi connectivity index (χ4n) is 3.20. The topological polar surface area (TPSA) is 37.0 Å². The Kier molecular flexibility index (Phi) is 3.23. The predicted molar refractivity (Wildman–Crippen MR) is 78.9 cm³/mol. The highest BCUT2D eigenvalue weighted by atomic mass is 16.5. The van der Waals surface area contributed by atoms with E-state index in [1.807, 2.05) is 6.07 Å². The van der Waals surface area contributed by atoms with Crippen molar-refractivity contribution in [3.8, 4) is 5.75 Å². The van der Waals surface area contributed by atoms with Crippen molar-refractivity contribution in [2.75, 3.05) is 7.11 Å². The van der Waals surface area contributed by atoms with Crippen molar-refractivity contribution in [2.24, 2.45) is 0 Å². The van der Waals surface area contributed by atoms with Gasteiger partial charge in [-0.3, -0.25) is 0 Å². The average Bonchev–Trinajstić information content (AvgIpc) is 2.76. The van der Waals surface area contributed by atoms with Gasteiger partial charge in [-0.1, -0.05) is 26.0 Å². The van der Waals surface area contributed by atoms with Gasteiger partial charge in [-0.15, -0.1) is 0 Å². The Morgan fingerprint density at radius 1 is 1.37 bits per heavy atom. The molecule has 3 nitrogen and oxygen atoms in total. The lowest BCUT2D eigenvalue weighted by molar-refractivity contribution is 0.418. The first-order chi connectivity index (χ1) is 9.19. The first kappa shape index (κ1) is 12.5. The van der Waals surface area contributed by atoms with Crippen LogP contribution in [0.3, 0.4) is 0 Å². The molecule has 0 fully saturated rings. The van der Waals surface area contributed by atoms with Gasteiger partial charge in [0.15, 0.2) is 0 Å². The Morgan fingerprint density at radius 3 is 2.95 bits per heavy atom. The summed E-state index contributed by atoms with van der Waals surface area (Å²) >= 11 is 0. The molecule has 2 N–H and O–H groups in total. The van der Waals surface area contributed by atoms with E-state index in [2.05, 4.69) is 36.3 Å². The number of rotatable bonds is 3. The van der Waals surface area contributed by atoms with Gasteiger partial charge in [0.25, 0.3) is 0 Å². The minimum Gasteiger partial charge on any atom is -0.495 e. The van der Waals surface area contributed by atoms with Gasteiger partial charge in [0.2, 0.25) is 0 Å². The number of aromatic nitrogens is 1. The maximum Gasteiger partial charge on any atom is 0.142 e. The van der Waals surface area contributed by atoms with Crippen LogP contribution in [0.4, 0.5) is 0 Å². The summed E-state index contributed by atoms with van der Waals surface area (Å²) < 4.78 is 5.45. The Labute approximate surface area is 114 Å². The maximum absolute atomic E-state index is 5.45. The van der Waals surface area contributed by atoms with Crippen molar-refractivity contribution < 1.29 is 4.74 Å². The molecule has 1 heterocycles. The highest BCUT2D eigenvalue weighted by molar-refractivity contribution is 5.89. The Balaban J connectivity index is 1.99. The van der Waals surface area contributed by atoms with Crippen LogP contribution in [0.15, 0.2) is 18.2 Å². The number of nitrogens with one attached hydrogen (secondary N) is 2. The summed E-state index contributed by atoms with van der Waals surface area (Å²) in [6.45, 7) is 4.43. The Hall–Kier alpha value is -1.48. The zero-order valence-electron chi connectivity index (χ0n) is 11.9. The van der Waals surface area contributed by atoms with Gasteiger partial charge in [-0.05, 0) is 30.9 Å². The molecule has 0 amide bonds. The van der Waals surface area contributed by atoms with E-state index < -0.39 is 0 Å². The molecule has 0 spiro atoms. The van der Waals surface area contributed by atoms with Gasteiger partial charge in [0, 0.05) is 23.2 Å². The van der Waals surface area contributed by atoms with Gasteiger partial charge < -0.3 is 15.0 Å². The smallest absolute Gasteiger partial charge is 0.142 e. The Morgan fingerprint density at radius 2 is 2.21 bits per heavy atom. The van der Waals surface area contributed by atoms with Crippen molar-refractivity contribution in [3.05, 3.63) is 29.5 Å². The second kappa shape index (κ2) is 4.89. The third-order valence-electron chi connectivity index (χ3n) is 3.97. The van der Waals surface area contributed by atoms with Crippen LogP contribution >= 0.6 is 0 Å². The van der Waals surface area contributed by atoms with Crippen LogP contribution in [-0.4, -0.2) is 24.2 Å². The van der Waals surface area contributed by atoms with E-state index in [1.54, 1.807) is 7.11 Å². The molecule has 0 saturated carbocycles. The molecule has 3 heteroatoms. The van der Waals surface area contributed by atoms with Crippen LogP contribution in [-0.2, 0) is 12.8 Å². The molecular formula is C16H22N2O. The van der Waals surface area contributed by atoms with Crippen molar-refractivity contribution in [2.45, 2.75) is 45.2 Å². The van der Waals surface area contributed by atoms with Crippen LogP contribution in [0.5, 0.6) is 5.75 Å². The fourth-order valence-corrected chi connectivity index (χ4v) is 3.20. The van der Waals surface area contributed by atoms with Crippen molar-refractivity contribution >= 4 is 10.9 Å². The third kappa shape index (κ3) is 2.23. The fraction of sp³-hybridized carbons (Fsp3) is 0.500. The van der Waals surface area contributed by atoms with E-state index in [4.69, 9.17) is 4.74 Å². The summed E-state index contributed by atoms with van der Waals surface area (Å²) in [6.07, 6.45) is 3.44. The summed E-state index contributed by atoms with van der Waals surface area (Å²) in [7, 11) is 1.73. The SMILES string of the molecule is COc1cccc2c3c([nH]c12)CCC(NC(C)C)C3. The highest BCUT2D eigenvalue weighted by Crippen LogP contribution is 2.33. The monoisotopic (exact) mass is 258 g/mol. The number of H-pyrrole nitrogens is 1. The van der Waals surface area contributed by atoms with Crippen molar-refractivity contribution in [3.63, 3.8) is 0 Å². The number of aryl methyl sites for hydroxylation is 1. The number of hydrogen-bond donors (Lipinski definition) is 2. The van der Waals surface area contributed by atoms with E-state index in [1.165, 1.54) is 23.1 Å². The van der Waals surface area contributed by atoms with Gasteiger partial charge in [-0.25, -0.2) is 0 Å². The quantitative estimate of drug-likeness (QED) is 0.888. The lowest BCUT2D eigenvalue weighted by Crippen LogP contribution is -2.38. The molecule has 1 atom stereocenters. The summed E-state index contributed by atoms with van der Waals surface area (Å²) in [4.78, 5) is 3.56. The number of hydrogen-bond acceptors (Lipinski definition) is 2. The zero-order chi connectivity index (χ0) is 13.4. The van der Waals surface area contributed by atoms with Gasteiger partial charge in [-0.2, -0.15) is 0 Å². The van der Waals surface area contributed by atoms with Crippen molar-refractivity contribution in [1.82, 2.24) is 10.3 Å². The van der Waals surface area contributed by atoms with Crippen molar-refractivity contribution in [1.29, 1.82) is 0 Å². The van der Waals surface area contributed by atoms with E-state index in [0.717, 1.165) is 24.1 Å². The van der Waals surface area contributed by atoms with Gasteiger partial charge in [0.05, 0.1) is 12.6 Å². The third-order valence-corrected chi connectivity index (χ3v) is 3.97. The first-order valence-corrected chi connectivity index (χ1v) is 7.11. The number of para-hydroxylation sites is 1. The molecule has 1 aromatic carbocycles. The summed E-state index contributed by atoms with van der Waals surface area (Å²) in [5.74, 6) is 0.945. The molecule has 0 saturated heterocycles. The average molecular weight is 258 g/mol. The summed E-state index contributed by atoms with van der Waals surface area (Å²) in [5, 5.41) is 4.98. The van der Waals surface area contributed by atoms with Crippen LogP contribution in [0.1, 0.15) is 31.5 Å². The summed E-state index contributed by atoms with van der Waals surface area (Å²) in [6, 6.07) is 7.44. The molecule has 0 bridgehead atoms. The predicted octanol–water partition coefficient (Wildman–Crippen LogP) is 3.03. The van der Waals surface area contributed by atoms with E-state index in [0.29, 0.717) is 12.1 Å². The molecule has 1 aromatic heterocycles. The molecule has 1 unspecified atom stereocenters. The van der Waals surface area contributed by atoms with Gasteiger partial charge >= 0.3 is 0 Å². The van der Waals surface area contributed by atoms with Crippen LogP contribution < -0.4 is 10.1 Å². The van der Waals surface area contributed by atoms with Crippen LogP contribution in [0.25, 0.3) is 10.9 Å². The molecule has 3 rings (SSSR count). The first-order valence-electron chi connectivity index (χ1n) is 7.11.